The van der Waals surface area contributed by atoms with Gasteiger partial charge in [0.1, 0.15) is 5.76 Å². The predicted octanol–water partition coefficient (Wildman–Crippen LogP) is 2.44. The standard InChI is InChI=1S/C17H20N2O3/c1-19(17(21)10-9-13-11-16(20)18-22-13)15-8-4-6-12-5-2-3-7-14(12)15/h2-3,5,7,11,15H,4,6,8-10H2,1H3,(H,18,20). The van der Waals surface area contributed by atoms with Gasteiger partial charge in [-0.25, -0.2) is 0 Å². The zero-order valence-electron chi connectivity index (χ0n) is 12.7. The largest absolute Gasteiger partial charge is 0.384 e. The summed E-state index contributed by atoms with van der Waals surface area (Å²) in [6, 6.07) is 9.89. The molecule has 1 aromatic heterocycles. The van der Waals surface area contributed by atoms with E-state index in [-0.39, 0.29) is 17.5 Å². The van der Waals surface area contributed by atoms with Crippen molar-refractivity contribution >= 4 is 5.91 Å². The third-order valence-electron chi connectivity index (χ3n) is 4.36. The normalized spacial score (nSPS) is 17.0. The molecular formula is C17H20N2O3. The van der Waals surface area contributed by atoms with Gasteiger partial charge in [0.15, 0.2) is 0 Å². The van der Waals surface area contributed by atoms with Gasteiger partial charge in [-0.05, 0) is 30.4 Å². The van der Waals surface area contributed by atoms with Crippen LogP contribution in [-0.2, 0) is 17.6 Å². The maximum absolute atomic E-state index is 12.4. The molecule has 22 heavy (non-hydrogen) atoms. The summed E-state index contributed by atoms with van der Waals surface area (Å²) in [5.74, 6) is 0.598. The summed E-state index contributed by atoms with van der Waals surface area (Å²) in [5.41, 5.74) is 2.34. The number of fused-ring (bicyclic) bond motifs is 1. The number of rotatable bonds is 4. The Kier molecular flexibility index (Phi) is 4.13. The minimum Gasteiger partial charge on any atom is -0.384 e. The van der Waals surface area contributed by atoms with Crippen LogP contribution in [0.25, 0.3) is 0 Å². The van der Waals surface area contributed by atoms with Gasteiger partial charge in [-0.3, -0.25) is 9.59 Å². The number of hydrogen-bond donors (Lipinski definition) is 1. The second-order valence-electron chi connectivity index (χ2n) is 5.79. The molecule has 1 unspecified atom stereocenters. The number of hydrogen-bond acceptors (Lipinski definition) is 3. The number of nitrogens with zero attached hydrogens (tertiary/aromatic N) is 1. The number of H-pyrrole nitrogens is 1. The van der Waals surface area contributed by atoms with Crippen LogP contribution in [0.15, 0.2) is 39.6 Å². The Hall–Kier alpha value is -2.30. The Balaban J connectivity index is 1.67. The number of nitrogens with one attached hydrogen (secondary N) is 1. The van der Waals surface area contributed by atoms with Gasteiger partial charge >= 0.3 is 0 Å². The number of aromatic amines is 1. The van der Waals surface area contributed by atoms with Gasteiger partial charge in [0, 0.05) is 26.0 Å². The van der Waals surface area contributed by atoms with Crippen molar-refractivity contribution in [2.75, 3.05) is 7.05 Å². The van der Waals surface area contributed by atoms with Gasteiger partial charge in [-0.2, -0.15) is 5.16 Å². The maximum Gasteiger partial charge on any atom is 0.280 e. The fourth-order valence-electron chi connectivity index (χ4n) is 3.16. The van der Waals surface area contributed by atoms with Crippen molar-refractivity contribution in [2.24, 2.45) is 0 Å². The Morgan fingerprint density at radius 1 is 1.41 bits per heavy atom. The lowest BCUT2D eigenvalue weighted by atomic mass is 9.87. The third kappa shape index (κ3) is 2.98. The van der Waals surface area contributed by atoms with Crippen LogP contribution in [0.1, 0.15) is 42.2 Å². The molecule has 116 valence electrons. The van der Waals surface area contributed by atoms with E-state index in [0.29, 0.717) is 18.6 Å². The third-order valence-corrected chi connectivity index (χ3v) is 4.36. The first-order valence-corrected chi connectivity index (χ1v) is 7.66. The van der Waals surface area contributed by atoms with Crippen molar-refractivity contribution in [1.82, 2.24) is 10.1 Å². The summed E-state index contributed by atoms with van der Waals surface area (Å²) in [6.45, 7) is 0. The Labute approximate surface area is 128 Å². The van der Waals surface area contributed by atoms with Gasteiger partial charge in [0.25, 0.3) is 5.56 Å². The molecule has 1 N–H and O–H groups in total. The lowest BCUT2D eigenvalue weighted by Gasteiger charge is -2.33. The van der Waals surface area contributed by atoms with Crippen LogP contribution in [0, 0.1) is 0 Å². The van der Waals surface area contributed by atoms with E-state index < -0.39 is 0 Å². The average Bonchev–Trinajstić information content (AvgIpc) is 2.97. The highest BCUT2D eigenvalue weighted by molar-refractivity contribution is 5.76. The van der Waals surface area contributed by atoms with Crippen LogP contribution in [0.2, 0.25) is 0 Å². The van der Waals surface area contributed by atoms with E-state index in [1.807, 2.05) is 18.0 Å². The van der Waals surface area contributed by atoms with Gasteiger partial charge in [-0.1, -0.05) is 24.3 Å². The molecule has 5 nitrogen and oxygen atoms in total. The van der Waals surface area contributed by atoms with Crippen molar-refractivity contribution < 1.29 is 9.32 Å². The number of amides is 1. The first kappa shape index (κ1) is 14.6. The molecule has 0 radical (unpaired) electrons. The number of benzene rings is 1. The molecule has 1 heterocycles. The fourth-order valence-corrected chi connectivity index (χ4v) is 3.16. The molecule has 1 aliphatic carbocycles. The highest BCUT2D eigenvalue weighted by Crippen LogP contribution is 2.33. The minimum atomic E-state index is -0.267. The van der Waals surface area contributed by atoms with E-state index in [1.54, 1.807) is 0 Å². The number of aryl methyl sites for hydroxylation is 2. The summed E-state index contributed by atoms with van der Waals surface area (Å²) < 4.78 is 4.99. The first-order valence-electron chi connectivity index (χ1n) is 7.66. The molecule has 1 atom stereocenters. The van der Waals surface area contributed by atoms with Crippen LogP contribution in [-0.4, -0.2) is 23.0 Å². The Morgan fingerprint density at radius 3 is 3.00 bits per heavy atom. The number of carbonyl (C=O) groups excluding carboxylic acids is 1. The molecule has 0 saturated carbocycles. The van der Waals surface area contributed by atoms with Crippen LogP contribution in [0.5, 0.6) is 0 Å². The molecule has 0 fully saturated rings. The van der Waals surface area contributed by atoms with Crippen LogP contribution >= 0.6 is 0 Å². The van der Waals surface area contributed by atoms with Crippen LogP contribution in [0.4, 0.5) is 0 Å². The van der Waals surface area contributed by atoms with Crippen molar-refractivity contribution in [3.05, 3.63) is 57.6 Å². The SMILES string of the molecule is CN(C(=O)CCc1cc(=O)[nH]o1)C1CCCc2ccccc21. The molecule has 0 aliphatic heterocycles. The highest BCUT2D eigenvalue weighted by Gasteiger charge is 2.26. The van der Waals surface area contributed by atoms with Crippen molar-refractivity contribution in [2.45, 2.75) is 38.1 Å². The summed E-state index contributed by atoms with van der Waals surface area (Å²) in [4.78, 5) is 25.3. The number of aromatic nitrogens is 1. The van der Waals surface area contributed by atoms with E-state index in [0.717, 1.165) is 19.3 Å². The monoisotopic (exact) mass is 300 g/mol. The Bertz CT molecular complexity index is 716. The Morgan fingerprint density at radius 2 is 2.23 bits per heavy atom. The van der Waals surface area contributed by atoms with Gasteiger partial charge < -0.3 is 9.42 Å². The van der Waals surface area contributed by atoms with E-state index in [1.165, 1.54) is 17.2 Å². The molecule has 0 spiro atoms. The van der Waals surface area contributed by atoms with Gasteiger partial charge in [0.05, 0.1) is 6.04 Å². The lowest BCUT2D eigenvalue weighted by molar-refractivity contribution is -0.132. The lowest BCUT2D eigenvalue weighted by Crippen LogP contribution is -2.33. The van der Waals surface area contributed by atoms with E-state index in [2.05, 4.69) is 23.4 Å². The second-order valence-corrected chi connectivity index (χ2v) is 5.79. The second kappa shape index (κ2) is 6.22. The quantitative estimate of drug-likeness (QED) is 0.943. The van der Waals surface area contributed by atoms with Crippen molar-refractivity contribution in [3.8, 4) is 0 Å². The summed E-state index contributed by atoms with van der Waals surface area (Å²) >= 11 is 0. The van der Waals surface area contributed by atoms with Gasteiger partial charge in [0.2, 0.25) is 5.91 Å². The minimum absolute atomic E-state index is 0.0746. The van der Waals surface area contributed by atoms with E-state index in [9.17, 15) is 9.59 Å². The van der Waals surface area contributed by atoms with E-state index in [4.69, 9.17) is 4.52 Å². The molecule has 1 aliphatic rings. The zero-order chi connectivity index (χ0) is 15.5. The predicted molar refractivity (Wildman–Crippen MR) is 82.5 cm³/mol. The average molecular weight is 300 g/mol. The molecule has 2 aromatic rings. The molecule has 5 heteroatoms. The zero-order valence-corrected chi connectivity index (χ0v) is 12.7. The van der Waals surface area contributed by atoms with Gasteiger partial charge in [-0.15, -0.1) is 0 Å². The van der Waals surface area contributed by atoms with E-state index >= 15 is 0 Å². The highest BCUT2D eigenvalue weighted by atomic mass is 16.5. The van der Waals surface area contributed by atoms with Crippen LogP contribution in [0.3, 0.4) is 0 Å². The first-order chi connectivity index (χ1) is 10.6. The molecular weight excluding hydrogens is 280 g/mol. The maximum atomic E-state index is 12.4. The topological polar surface area (TPSA) is 66.3 Å². The molecule has 3 rings (SSSR count). The van der Waals surface area contributed by atoms with Crippen LogP contribution < -0.4 is 5.56 Å². The summed E-state index contributed by atoms with van der Waals surface area (Å²) in [6.07, 6.45) is 3.97. The fraction of sp³-hybridized carbons (Fsp3) is 0.412. The molecule has 1 aromatic carbocycles. The number of carbonyl (C=O) groups is 1. The molecule has 1 amide bonds. The molecule has 0 saturated heterocycles. The van der Waals surface area contributed by atoms with Crippen molar-refractivity contribution in [1.29, 1.82) is 0 Å². The summed E-state index contributed by atoms with van der Waals surface area (Å²) in [7, 11) is 1.86. The summed E-state index contributed by atoms with van der Waals surface area (Å²) in [5, 5.41) is 2.24. The smallest absolute Gasteiger partial charge is 0.280 e. The van der Waals surface area contributed by atoms with Crippen molar-refractivity contribution in [3.63, 3.8) is 0 Å². The molecule has 0 bridgehead atoms.